The molecule has 2 aliphatic heterocycles. The molecule has 2 saturated heterocycles. The maximum atomic E-state index is 13.4. The van der Waals surface area contributed by atoms with E-state index in [1.54, 1.807) is 16.7 Å². The Bertz CT molecular complexity index is 973. The number of carbonyl (C=O) groups is 3. The number of nitrogens with zero attached hydrogens (tertiary/aromatic N) is 4. The lowest BCUT2D eigenvalue weighted by atomic mass is 9.85. The van der Waals surface area contributed by atoms with Gasteiger partial charge < -0.3 is 9.80 Å². The monoisotopic (exact) mass is 410 g/mol. The lowest BCUT2D eigenvalue weighted by Crippen LogP contribution is -2.57. The van der Waals surface area contributed by atoms with Crippen LogP contribution in [-0.4, -0.2) is 62.7 Å². The first kappa shape index (κ1) is 20.0. The largest absolute Gasteiger partial charge is 0.338 e. The Morgan fingerprint density at radius 3 is 2.47 bits per heavy atom. The number of hydrogen-bond donors (Lipinski definition) is 0. The highest BCUT2D eigenvalue weighted by Crippen LogP contribution is 2.38. The fourth-order valence-electron chi connectivity index (χ4n) is 4.32. The second-order valence-electron chi connectivity index (χ2n) is 7.62. The molecule has 2 fully saturated rings. The maximum absolute atomic E-state index is 13.4. The van der Waals surface area contributed by atoms with E-state index in [2.05, 4.69) is 4.98 Å². The first-order valence-corrected chi connectivity index (χ1v) is 10.0. The molecule has 7 nitrogen and oxygen atoms in total. The number of piperidine rings is 1. The van der Waals surface area contributed by atoms with Gasteiger partial charge in [0.15, 0.2) is 0 Å². The number of hydrogen-bond acceptors (Lipinski definition) is 4. The standard InChI is InChI=1S/C22H23FN4O3/c1-2-26-20(29)22(27(21(26)30)15-16-6-4-3-5-7-16)8-10-25(11-9-22)19(28)17-12-18(23)14-24-13-17/h3-7,12-14H,2,8-11,15H2,1H3. The zero-order valence-corrected chi connectivity index (χ0v) is 16.8. The van der Waals surface area contributed by atoms with Gasteiger partial charge in [0.2, 0.25) is 0 Å². The summed E-state index contributed by atoms with van der Waals surface area (Å²) in [5, 5.41) is 0. The summed E-state index contributed by atoms with van der Waals surface area (Å²) in [5.41, 5.74) is 0.163. The van der Waals surface area contributed by atoms with Crippen LogP contribution < -0.4 is 0 Å². The third kappa shape index (κ3) is 3.32. The van der Waals surface area contributed by atoms with Gasteiger partial charge in [0, 0.05) is 32.4 Å². The van der Waals surface area contributed by atoms with E-state index in [1.807, 2.05) is 30.3 Å². The van der Waals surface area contributed by atoms with Gasteiger partial charge >= 0.3 is 6.03 Å². The zero-order chi connectivity index (χ0) is 21.3. The Labute approximate surface area is 174 Å². The van der Waals surface area contributed by atoms with Crippen molar-refractivity contribution in [1.82, 2.24) is 19.7 Å². The van der Waals surface area contributed by atoms with Gasteiger partial charge in [0.1, 0.15) is 11.4 Å². The van der Waals surface area contributed by atoms with Crippen molar-refractivity contribution in [2.75, 3.05) is 19.6 Å². The van der Waals surface area contributed by atoms with Gasteiger partial charge in [-0.05, 0) is 31.4 Å². The molecule has 156 valence electrons. The molecule has 0 bridgehead atoms. The number of imide groups is 1. The van der Waals surface area contributed by atoms with Gasteiger partial charge in [-0.25, -0.2) is 9.18 Å². The number of benzene rings is 1. The van der Waals surface area contributed by atoms with Crippen molar-refractivity contribution in [3.63, 3.8) is 0 Å². The second-order valence-corrected chi connectivity index (χ2v) is 7.62. The van der Waals surface area contributed by atoms with Crippen LogP contribution in [0.4, 0.5) is 9.18 Å². The van der Waals surface area contributed by atoms with Crippen molar-refractivity contribution in [1.29, 1.82) is 0 Å². The van der Waals surface area contributed by atoms with Crippen LogP contribution in [0.2, 0.25) is 0 Å². The van der Waals surface area contributed by atoms with Crippen molar-refractivity contribution >= 4 is 17.8 Å². The van der Waals surface area contributed by atoms with Gasteiger partial charge in [-0.15, -0.1) is 0 Å². The third-order valence-electron chi connectivity index (χ3n) is 5.95. The fourth-order valence-corrected chi connectivity index (χ4v) is 4.32. The molecule has 30 heavy (non-hydrogen) atoms. The molecule has 0 saturated carbocycles. The molecule has 0 radical (unpaired) electrons. The highest BCUT2D eigenvalue weighted by molar-refractivity contribution is 6.07. The summed E-state index contributed by atoms with van der Waals surface area (Å²) in [6, 6.07) is 10.4. The molecule has 8 heteroatoms. The lowest BCUT2D eigenvalue weighted by Gasteiger charge is -2.42. The van der Waals surface area contributed by atoms with Gasteiger partial charge in [0.25, 0.3) is 11.8 Å². The van der Waals surface area contributed by atoms with E-state index in [4.69, 9.17) is 0 Å². The van der Waals surface area contributed by atoms with Crippen LogP contribution >= 0.6 is 0 Å². The first-order chi connectivity index (χ1) is 14.5. The van der Waals surface area contributed by atoms with Crippen LogP contribution in [-0.2, 0) is 11.3 Å². The predicted molar refractivity (Wildman–Crippen MR) is 107 cm³/mol. The molecule has 2 aromatic rings. The number of amides is 4. The summed E-state index contributed by atoms with van der Waals surface area (Å²) in [4.78, 5) is 47.2. The number of rotatable bonds is 4. The van der Waals surface area contributed by atoms with Crippen LogP contribution in [0.25, 0.3) is 0 Å². The van der Waals surface area contributed by atoms with E-state index in [0.717, 1.165) is 17.8 Å². The summed E-state index contributed by atoms with van der Waals surface area (Å²) < 4.78 is 13.4. The van der Waals surface area contributed by atoms with Crippen LogP contribution in [0.1, 0.15) is 35.7 Å². The topological polar surface area (TPSA) is 73.8 Å². The molecule has 0 unspecified atom stereocenters. The quantitative estimate of drug-likeness (QED) is 0.727. The van der Waals surface area contributed by atoms with Crippen LogP contribution in [0.5, 0.6) is 0 Å². The lowest BCUT2D eigenvalue weighted by molar-refractivity contribution is -0.135. The summed E-state index contributed by atoms with van der Waals surface area (Å²) in [6.07, 6.45) is 3.07. The first-order valence-electron chi connectivity index (χ1n) is 10.0. The predicted octanol–water partition coefficient (Wildman–Crippen LogP) is 2.68. The summed E-state index contributed by atoms with van der Waals surface area (Å²) in [7, 11) is 0. The van der Waals surface area contributed by atoms with Gasteiger partial charge in [0.05, 0.1) is 11.8 Å². The molecule has 0 aliphatic carbocycles. The van der Waals surface area contributed by atoms with Crippen molar-refractivity contribution in [3.05, 3.63) is 65.7 Å². The van der Waals surface area contributed by atoms with Crippen molar-refractivity contribution in [3.8, 4) is 0 Å². The minimum atomic E-state index is -0.958. The number of likely N-dealkylation sites (tertiary alicyclic amines) is 1. The Morgan fingerprint density at radius 2 is 1.83 bits per heavy atom. The molecule has 4 rings (SSSR count). The average molecular weight is 410 g/mol. The normalized spacial score (nSPS) is 18.4. The molecule has 0 N–H and O–H groups in total. The minimum Gasteiger partial charge on any atom is -0.338 e. The molecule has 3 heterocycles. The number of urea groups is 1. The molecule has 0 atom stereocenters. The van der Waals surface area contributed by atoms with Crippen molar-refractivity contribution < 1.29 is 18.8 Å². The van der Waals surface area contributed by atoms with E-state index in [0.29, 0.717) is 39.0 Å². The smallest absolute Gasteiger partial charge is 0.327 e. The number of pyridine rings is 1. The van der Waals surface area contributed by atoms with Crippen LogP contribution in [0.15, 0.2) is 48.8 Å². The van der Waals surface area contributed by atoms with E-state index in [-0.39, 0.29) is 23.4 Å². The minimum absolute atomic E-state index is 0.177. The molecule has 4 amide bonds. The Morgan fingerprint density at radius 1 is 1.13 bits per heavy atom. The molecule has 1 aromatic carbocycles. The Kier molecular flexibility index (Phi) is 5.24. The third-order valence-corrected chi connectivity index (χ3v) is 5.95. The molecular formula is C22H23FN4O3. The van der Waals surface area contributed by atoms with Gasteiger partial charge in [-0.3, -0.25) is 19.5 Å². The van der Waals surface area contributed by atoms with Crippen LogP contribution in [0, 0.1) is 5.82 Å². The highest BCUT2D eigenvalue weighted by Gasteiger charge is 2.57. The summed E-state index contributed by atoms with van der Waals surface area (Å²) >= 11 is 0. The highest BCUT2D eigenvalue weighted by atomic mass is 19.1. The van der Waals surface area contributed by atoms with Crippen molar-refractivity contribution in [2.24, 2.45) is 0 Å². The summed E-state index contributed by atoms with van der Waals surface area (Å²) in [5.74, 6) is -1.10. The second kappa shape index (κ2) is 7.85. The zero-order valence-electron chi connectivity index (χ0n) is 16.8. The van der Waals surface area contributed by atoms with E-state index < -0.39 is 11.4 Å². The van der Waals surface area contributed by atoms with E-state index in [9.17, 15) is 18.8 Å². The SMILES string of the molecule is CCN1C(=O)N(Cc2ccccc2)C2(CCN(C(=O)c3cncc(F)c3)CC2)C1=O. The van der Waals surface area contributed by atoms with Gasteiger partial charge in [-0.1, -0.05) is 30.3 Å². The van der Waals surface area contributed by atoms with Crippen LogP contribution in [0.3, 0.4) is 0 Å². The average Bonchev–Trinajstić information content (AvgIpc) is 2.95. The number of halogens is 1. The number of aromatic nitrogens is 1. The molecule has 2 aliphatic rings. The van der Waals surface area contributed by atoms with Crippen molar-refractivity contribution in [2.45, 2.75) is 31.8 Å². The number of carbonyl (C=O) groups excluding carboxylic acids is 3. The van der Waals surface area contributed by atoms with E-state index in [1.165, 1.54) is 11.1 Å². The maximum Gasteiger partial charge on any atom is 0.327 e. The molecule has 1 aromatic heterocycles. The number of likely N-dealkylation sites (N-methyl/N-ethyl adjacent to an activating group) is 1. The summed E-state index contributed by atoms with van der Waals surface area (Å²) in [6.45, 7) is 3.03. The Balaban J connectivity index is 1.56. The van der Waals surface area contributed by atoms with E-state index >= 15 is 0 Å². The van der Waals surface area contributed by atoms with Gasteiger partial charge in [-0.2, -0.15) is 0 Å². The molecular weight excluding hydrogens is 387 g/mol. The Hall–Kier alpha value is -3.29. The fraction of sp³-hybridized carbons (Fsp3) is 0.364. The molecule has 1 spiro atoms.